The molecule has 2 atom stereocenters. The van der Waals surface area contributed by atoms with Crippen molar-refractivity contribution >= 4 is 17.5 Å². The molecular formula is C27H27ClN2O3. The van der Waals surface area contributed by atoms with Gasteiger partial charge in [0.1, 0.15) is 0 Å². The van der Waals surface area contributed by atoms with Crippen LogP contribution in [-0.4, -0.2) is 24.1 Å². The van der Waals surface area contributed by atoms with Crippen molar-refractivity contribution in [1.82, 2.24) is 10.2 Å². The number of carbonyl (C=O) groups is 1. The van der Waals surface area contributed by atoms with Crippen LogP contribution in [0.15, 0.2) is 72.8 Å². The maximum absolute atomic E-state index is 13.1. The van der Waals surface area contributed by atoms with Gasteiger partial charge in [0.25, 0.3) is 0 Å². The lowest BCUT2D eigenvalue weighted by molar-refractivity contribution is -0.127. The van der Waals surface area contributed by atoms with Gasteiger partial charge in [-0.05, 0) is 53.8 Å². The monoisotopic (exact) mass is 462 g/mol. The summed E-state index contributed by atoms with van der Waals surface area (Å²) in [6, 6.07) is 24.6. The lowest BCUT2D eigenvalue weighted by Crippen LogP contribution is -2.44. The number of benzene rings is 3. The third kappa shape index (κ3) is 5.15. The Hall–Kier alpha value is -3.02. The third-order valence-corrected chi connectivity index (χ3v) is 6.65. The number of piperidine rings is 1. The predicted molar refractivity (Wildman–Crippen MR) is 128 cm³/mol. The van der Waals surface area contributed by atoms with Gasteiger partial charge in [0, 0.05) is 30.7 Å². The standard InChI is InChI=1S/C27H27ClN2O3/c28-23-8-4-5-20(13-23)16-30-17-22(10-11-24(30)21-6-2-1-3-7-21)27(31)29-15-19-9-12-25-26(14-19)33-18-32-25/h1-9,12-14,22,24H,10-11,15-18H2,(H,29,31)/t22-,24-/m0/s1. The zero-order valence-electron chi connectivity index (χ0n) is 18.4. The number of nitrogens with zero attached hydrogens (tertiary/aromatic N) is 1. The molecule has 170 valence electrons. The number of hydrogen-bond donors (Lipinski definition) is 1. The zero-order chi connectivity index (χ0) is 22.6. The van der Waals surface area contributed by atoms with Crippen molar-refractivity contribution in [3.05, 3.63) is 94.5 Å². The average Bonchev–Trinajstić information content (AvgIpc) is 3.31. The van der Waals surface area contributed by atoms with Gasteiger partial charge >= 0.3 is 0 Å². The SMILES string of the molecule is O=C(NCc1ccc2c(c1)OCO2)[C@H]1CC[C@@H](c2ccccc2)N(Cc2cccc(Cl)c2)C1. The molecule has 0 saturated carbocycles. The molecule has 1 N–H and O–H groups in total. The Bertz CT molecular complexity index is 1120. The molecule has 6 heteroatoms. The second kappa shape index (κ2) is 9.86. The van der Waals surface area contributed by atoms with Crippen molar-refractivity contribution in [3.8, 4) is 11.5 Å². The highest BCUT2D eigenvalue weighted by molar-refractivity contribution is 6.30. The van der Waals surface area contributed by atoms with Crippen LogP contribution in [0.1, 0.15) is 35.6 Å². The molecule has 2 aliphatic rings. The minimum atomic E-state index is -0.0573. The summed E-state index contributed by atoms with van der Waals surface area (Å²) in [7, 11) is 0. The molecule has 1 amide bonds. The molecule has 2 heterocycles. The quantitative estimate of drug-likeness (QED) is 0.537. The molecule has 0 bridgehead atoms. The minimum Gasteiger partial charge on any atom is -0.454 e. The maximum Gasteiger partial charge on any atom is 0.231 e. The van der Waals surface area contributed by atoms with Crippen LogP contribution in [0, 0.1) is 5.92 Å². The topological polar surface area (TPSA) is 50.8 Å². The van der Waals surface area contributed by atoms with Gasteiger partial charge in [-0.2, -0.15) is 0 Å². The fourth-order valence-electron chi connectivity index (χ4n) is 4.74. The number of amides is 1. The highest BCUT2D eigenvalue weighted by Crippen LogP contribution is 2.35. The molecule has 33 heavy (non-hydrogen) atoms. The number of fused-ring (bicyclic) bond motifs is 1. The van der Waals surface area contributed by atoms with Gasteiger partial charge in [-0.15, -0.1) is 0 Å². The van der Waals surface area contributed by atoms with Crippen LogP contribution in [-0.2, 0) is 17.9 Å². The first-order valence-electron chi connectivity index (χ1n) is 11.4. The molecule has 5 rings (SSSR count). The number of carbonyl (C=O) groups excluding carboxylic acids is 1. The first-order valence-corrected chi connectivity index (χ1v) is 11.7. The lowest BCUT2D eigenvalue weighted by Gasteiger charge is -2.39. The summed E-state index contributed by atoms with van der Waals surface area (Å²) < 4.78 is 10.8. The first-order chi connectivity index (χ1) is 16.2. The third-order valence-electron chi connectivity index (χ3n) is 6.42. The lowest BCUT2D eigenvalue weighted by atomic mass is 9.88. The molecule has 1 fully saturated rings. The predicted octanol–water partition coefficient (Wildman–Crippen LogP) is 5.34. The number of halogens is 1. The number of ether oxygens (including phenoxy) is 2. The molecule has 2 aliphatic heterocycles. The van der Waals surface area contributed by atoms with E-state index in [2.05, 4.69) is 40.5 Å². The Labute approximate surface area is 199 Å². The Morgan fingerprint density at radius 3 is 2.64 bits per heavy atom. The average molecular weight is 463 g/mol. The Balaban J connectivity index is 1.27. The molecule has 0 unspecified atom stereocenters. The van der Waals surface area contributed by atoms with Crippen molar-refractivity contribution in [3.63, 3.8) is 0 Å². The smallest absolute Gasteiger partial charge is 0.231 e. The van der Waals surface area contributed by atoms with E-state index in [1.165, 1.54) is 5.56 Å². The maximum atomic E-state index is 13.1. The largest absolute Gasteiger partial charge is 0.454 e. The number of likely N-dealkylation sites (tertiary alicyclic amines) is 1. The summed E-state index contributed by atoms with van der Waals surface area (Å²) in [5.74, 6) is 1.52. The highest BCUT2D eigenvalue weighted by Gasteiger charge is 2.32. The molecule has 0 spiro atoms. The van der Waals surface area contributed by atoms with Gasteiger partial charge in [-0.25, -0.2) is 0 Å². The summed E-state index contributed by atoms with van der Waals surface area (Å²) >= 11 is 6.23. The van der Waals surface area contributed by atoms with Gasteiger partial charge in [0.05, 0.1) is 5.92 Å². The van der Waals surface area contributed by atoms with Gasteiger partial charge in [0.2, 0.25) is 12.7 Å². The molecule has 0 aliphatic carbocycles. The van der Waals surface area contributed by atoms with Gasteiger partial charge in [0.15, 0.2) is 11.5 Å². The van der Waals surface area contributed by atoms with Gasteiger partial charge < -0.3 is 14.8 Å². The Morgan fingerprint density at radius 2 is 1.79 bits per heavy atom. The van der Waals surface area contributed by atoms with E-state index in [0.29, 0.717) is 13.1 Å². The molecule has 3 aromatic rings. The molecule has 0 aromatic heterocycles. The van der Waals surface area contributed by atoms with Gasteiger partial charge in [-0.3, -0.25) is 9.69 Å². The zero-order valence-corrected chi connectivity index (χ0v) is 19.1. The van der Waals surface area contributed by atoms with Crippen LogP contribution in [0.4, 0.5) is 0 Å². The van der Waals surface area contributed by atoms with E-state index in [4.69, 9.17) is 21.1 Å². The summed E-state index contributed by atoms with van der Waals surface area (Å²) in [6.07, 6.45) is 1.80. The van der Waals surface area contributed by atoms with E-state index in [1.807, 2.05) is 42.5 Å². The number of nitrogens with one attached hydrogen (secondary N) is 1. The van der Waals surface area contributed by atoms with Crippen LogP contribution >= 0.6 is 11.6 Å². The van der Waals surface area contributed by atoms with Crippen LogP contribution in [0.2, 0.25) is 5.02 Å². The van der Waals surface area contributed by atoms with E-state index in [-0.39, 0.29) is 24.7 Å². The van der Waals surface area contributed by atoms with Crippen LogP contribution < -0.4 is 14.8 Å². The second-order valence-corrected chi connectivity index (χ2v) is 9.10. The van der Waals surface area contributed by atoms with Crippen LogP contribution in [0.25, 0.3) is 0 Å². The Kier molecular flexibility index (Phi) is 6.51. The molecule has 0 radical (unpaired) electrons. The number of hydrogen-bond acceptors (Lipinski definition) is 4. The van der Waals surface area contributed by atoms with Crippen molar-refractivity contribution in [1.29, 1.82) is 0 Å². The second-order valence-electron chi connectivity index (χ2n) is 8.67. The van der Waals surface area contributed by atoms with Crippen molar-refractivity contribution < 1.29 is 14.3 Å². The van der Waals surface area contributed by atoms with Crippen molar-refractivity contribution in [2.24, 2.45) is 5.92 Å². The van der Waals surface area contributed by atoms with Crippen molar-refractivity contribution in [2.75, 3.05) is 13.3 Å². The normalized spacial score (nSPS) is 19.9. The van der Waals surface area contributed by atoms with E-state index < -0.39 is 0 Å². The molecule has 1 saturated heterocycles. The van der Waals surface area contributed by atoms with E-state index in [0.717, 1.165) is 47.0 Å². The molecule has 3 aromatic carbocycles. The minimum absolute atomic E-state index is 0.0573. The van der Waals surface area contributed by atoms with Gasteiger partial charge in [-0.1, -0.05) is 60.1 Å². The van der Waals surface area contributed by atoms with E-state index in [9.17, 15) is 4.79 Å². The summed E-state index contributed by atoms with van der Waals surface area (Å²) in [6.45, 7) is 2.19. The Morgan fingerprint density at radius 1 is 0.939 bits per heavy atom. The molecule has 5 nitrogen and oxygen atoms in total. The van der Waals surface area contributed by atoms with Crippen LogP contribution in [0.3, 0.4) is 0 Å². The number of rotatable bonds is 6. The van der Waals surface area contributed by atoms with Crippen LogP contribution in [0.5, 0.6) is 11.5 Å². The molecular weight excluding hydrogens is 436 g/mol. The first kappa shape index (κ1) is 21.8. The van der Waals surface area contributed by atoms with E-state index >= 15 is 0 Å². The fourth-order valence-corrected chi connectivity index (χ4v) is 4.95. The highest BCUT2D eigenvalue weighted by atomic mass is 35.5. The summed E-state index contributed by atoms with van der Waals surface area (Å²) in [5, 5.41) is 3.86. The van der Waals surface area contributed by atoms with E-state index in [1.54, 1.807) is 0 Å². The summed E-state index contributed by atoms with van der Waals surface area (Å²) in [4.78, 5) is 15.5. The summed E-state index contributed by atoms with van der Waals surface area (Å²) in [5.41, 5.74) is 3.45. The van der Waals surface area contributed by atoms with Crippen molar-refractivity contribution in [2.45, 2.75) is 32.0 Å². The fraction of sp³-hybridized carbons (Fsp3) is 0.296.